The third kappa shape index (κ3) is 4.36. The van der Waals surface area contributed by atoms with Crippen molar-refractivity contribution in [1.29, 1.82) is 0 Å². The van der Waals surface area contributed by atoms with Crippen LogP contribution >= 0.6 is 23.8 Å². The van der Waals surface area contributed by atoms with Gasteiger partial charge < -0.3 is 9.73 Å². The number of carbonyl (C=O) groups is 1. The van der Waals surface area contributed by atoms with Gasteiger partial charge in [-0.25, -0.2) is 0 Å². The number of nitro benzene ring substituents is 1. The zero-order chi connectivity index (χ0) is 20.3. The van der Waals surface area contributed by atoms with E-state index in [0.29, 0.717) is 10.7 Å². The Morgan fingerprint density at radius 3 is 2.68 bits per heavy atom. The molecule has 1 amide bonds. The van der Waals surface area contributed by atoms with Crippen LogP contribution in [0.4, 0.5) is 11.4 Å². The molecule has 0 bridgehead atoms. The number of furan rings is 1. The summed E-state index contributed by atoms with van der Waals surface area (Å²) < 4.78 is 5.49. The first-order valence-electron chi connectivity index (χ1n) is 8.07. The van der Waals surface area contributed by atoms with Crippen molar-refractivity contribution in [3.63, 3.8) is 0 Å². The number of nitrogens with zero attached hydrogens (tertiary/aromatic N) is 1. The summed E-state index contributed by atoms with van der Waals surface area (Å²) in [6.07, 6.45) is 0. The maximum Gasteiger partial charge on any atom is 0.293 e. The SMILES string of the molecule is Cc1ccc(Cl)cc1NC(=S)NC(=O)c1ccc(-c2ccccc2[N+](=O)[O-])o1. The van der Waals surface area contributed by atoms with Crippen molar-refractivity contribution in [1.82, 2.24) is 5.32 Å². The zero-order valence-electron chi connectivity index (χ0n) is 14.6. The summed E-state index contributed by atoms with van der Waals surface area (Å²) in [6, 6.07) is 14.3. The fraction of sp³-hybridized carbons (Fsp3) is 0.0526. The highest BCUT2D eigenvalue weighted by molar-refractivity contribution is 7.80. The highest BCUT2D eigenvalue weighted by Gasteiger charge is 2.19. The number of hydrogen-bond donors (Lipinski definition) is 2. The summed E-state index contributed by atoms with van der Waals surface area (Å²) in [5, 5.41) is 17.2. The number of aryl methyl sites for hydroxylation is 1. The number of amides is 1. The fourth-order valence-electron chi connectivity index (χ4n) is 2.49. The third-order valence-electron chi connectivity index (χ3n) is 3.87. The van der Waals surface area contributed by atoms with Gasteiger partial charge in [-0.2, -0.15) is 0 Å². The Balaban J connectivity index is 1.73. The van der Waals surface area contributed by atoms with Crippen LogP contribution in [-0.4, -0.2) is 15.9 Å². The molecule has 142 valence electrons. The molecular weight excluding hydrogens is 402 g/mol. The normalized spacial score (nSPS) is 10.4. The number of thiocarbonyl (C=S) groups is 1. The van der Waals surface area contributed by atoms with Gasteiger partial charge in [0.15, 0.2) is 10.9 Å². The fourth-order valence-corrected chi connectivity index (χ4v) is 2.87. The van der Waals surface area contributed by atoms with Crippen molar-refractivity contribution >= 4 is 46.2 Å². The van der Waals surface area contributed by atoms with Gasteiger partial charge in [-0.15, -0.1) is 0 Å². The highest BCUT2D eigenvalue weighted by atomic mass is 35.5. The van der Waals surface area contributed by atoms with Crippen LogP contribution in [0.1, 0.15) is 16.1 Å². The van der Waals surface area contributed by atoms with Crippen LogP contribution in [0, 0.1) is 17.0 Å². The van der Waals surface area contributed by atoms with Gasteiger partial charge in [0.05, 0.1) is 10.5 Å². The lowest BCUT2D eigenvalue weighted by molar-refractivity contribution is -0.384. The summed E-state index contributed by atoms with van der Waals surface area (Å²) in [4.78, 5) is 23.0. The number of anilines is 1. The summed E-state index contributed by atoms with van der Waals surface area (Å²) in [6.45, 7) is 1.87. The van der Waals surface area contributed by atoms with E-state index in [4.69, 9.17) is 28.2 Å². The second-order valence-electron chi connectivity index (χ2n) is 5.81. The smallest absolute Gasteiger partial charge is 0.293 e. The van der Waals surface area contributed by atoms with Crippen LogP contribution in [0.2, 0.25) is 5.02 Å². The van der Waals surface area contributed by atoms with Crippen LogP contribution in [-0.2, 0) is 0 Å². The first-order chi connectivity index (χ1) is 13.3. The number of carbonyl (C=O) groups excluding carboxylic acids is 1. The van der Waals surface area contributed by atoms with Crippen molar-refractivity contribution < 1.29 is 14.1 Å². The maximum atomic E-state index is 12.4. The number of halogens is 1. The Morgan fingerprint density at radius 1 is 1.18 bits per heavy atom. The molecule has 7 nitrogen and oxygen atoms in total. The quantitative estimate of drug-likeness (QED) is 0.355. The Kier molecular flexibility index (Phi) is 5.72. The van der Waals surface area contributed by atoms with Crippen molar-refractivity contribution in [2.45, 2.75) is 6.92 Å². The molecule has 2 N–H and O–H groups in total. The highest BCUT2D eigenvalue weighted by Crippen LogP contribution is 2.30. The van der Waals surface area contributed by atoms with Gasteiger partial charge in [0.1, 0.15) is 5.76 Å². The van der Waals surface area contributed by atoms with Gasteiger partial charge in [0.25, 0.3) is 11.6 Å². The molecule has 1 aromatic heterocycles. The predicted octanol–water partition coefficient (Wildman–Crippen LogP) is 4.94. The standard InChI is InChI=1S/C19H14ClN3O4S/c1-11-6-7-12(20)10-14(11)21-19(28)22-18(24)17-9-8-16(27-17)13-4-2-3-5-15(13)23(25)26/h2-10H,1H3,(H2,21,22,24,28). The third-order valence-corrected chi connectivity index (χ3v) is 4.31. The van der Waals surface area contributed by atoms with Gasteiger partial charge in [-0.05, 0) is 55.0 Å². The average molecular weight is 416 g/mol. The Labute approximate surface area is 170 Å². The molecule has 28 heavy (non-hydrogen) atoms. The molecule has 0 aliphatic heterocycles. The van der Waals surface area contributed by atoms with Gasteiger partial charge in [-0.3, -0.25) is 20.2 Å². The van der Waals surface area contributed by atoms with E-state index in [-0.39, 0.29) is 27.9 Å². The molecule has 3 aromatic rings. The summed E-state index contributed by atoms with van der Waals surface area (Å²) in [5.41, 5.74) is 1.73. The van der Waals surface area contributed by atoms with E-state index in [2.05, 4.69) is 10.6 Å². The molecule has 0 saturated heterocycles. The number of benzene rings is 2. The Bertz CT molecular complexity index is 1080. The van der Waals surface area contributed by atoms with E-state index < -0.39 is 10.8 Å². The van der Waals surface area contributed by atoms with E-state index >= 15 is 0 Å². The predicted molar refractivity (Wildman–Crippen MR) is 111 cm³/mol. The molecule has 0 spiro atoms. The van der Waals surface area contributed by atoms with E-state index in [1.807, 2.05) is 13.0 Å². The maximum absolute atomic E-state index is 12.4. The molecule has 0 unspecified atom stereocenters. The van der Waals surface area contributed by atoms with Crippen molar-refractivity contribution in [3.8, 4) is 11.3 Å². The van der Waals surface area contributed by atoms with Gasteiger partial charge in [0, 0.05) is 16.8 Å². The van der Waals surface area contributed by atoms with Crippen LogP contribution in [0.25, 0.3) is 11.3 Å². The number of nitrogens with one attached hydrogen (secondary N) is 2. The van der Waals surface area contributed by atoms with Crippen LogP contribution < -0.4 is 10.6 Å². The van der Waals surface area contributed by atoms with Gasteiger partial charge >= 0.3 is 0 Å². The molecule has 0 aliphatic rings. The lowest BCUT2D eigenvalue weighted by Gasteiger charge is -2.11. The van der Waals surface area contributed by atoms with Crippen molar-refractivity contribution in [3.05, 3.63) is 81.1 Å². The number of nitro groups is 1. The molecule has 0 atom stereocenters. The van der Waals surface area contributed by atoms with E-state index in [1.54, 1.807) is 30.3 Å². The molecule has 2 aromatic carbocycles. The first kappa shape index (κ1) is 19.5. The largest absolute Gasteiger partial charge is 0.451 e. The van der Waals surface area contributed by atoms with E-state index in [1.165, 1.54) is 18.2 Å². The monoisotopic (exact) mass is 415 g/mol. The van der Waals surface area contributed by atoms with E-state index in [0.717, 1.165) is 5.56 Å². The van der Waals surface area contributed by atoms with Crippen LogP contribution in [0.15, 0.2) is 59.0 Å². The lowest BCUT2D eigenvalue weighted by atomic mass is 10.1. The zero-order valence-corrected chi connectivity index (χ0v) is 16.1. The Morgan fingerprint density at radius 2 is 1.93 bits per heavy atom. The van der Waals surface area contributed by atoms with Crippen LogP contribution in [0.5, 0.6) is 0 Å². The minimum atomic E-state index is -0.581. The molecular formula is C19H14ClN3O4S. The van der Waals surface area contributed by atoms with E-state index in [9.17, 15) is 14.9 Å². The minimum absolute atomic E-state index is 0.0277. The van der Waals surface area contributed by atoms with Crippen molar-refractivity contribution in [2.75, 3.05) is 5.32 Å². The molecule has 0 saturated carbocycles. The Hall–Kier alpha value is -3.23. The van der Waals surface area contributed by atoms with Gasteiger partial charge in [0.2, 0.25) is 0 Å². The second kappa shape index (κ2) is 8.20. The first-order valence-corrected chi connectivity index (χ1v) is 8.86. The van der Waals surface area contributed by atoms with Crippen LogP contribution in [0.3, 0.4) is 0 Å². The molecule has 1 heterocycles. The summed E-state index contributed by atoms with van der Waals surface area (Å²) >= 11 is 11.1. The molecule has 0 fully saturated rings. The number of para-hydroxylation sites is 1. The van der Waals surface area contributed by atoms with Gasteiger partial charge in [-0.1, -0.05) is 29.8 Å². The van der Waals surface area contributed by atoms with Crippen molar-refractivity contribution in [2.24, 2.45) is 0 Å². The molecule has 3 rings (SSSR count). The molecule has 9 heteroatoms. The average Bonchev–Trinajstić information content (AvgIpc) is 3.15. The summed E-state index contributed by atoms with van der Waals surface area (Å²) in [7, 11) is 0. The second-order valence-corrected chi connectivity index (χ2v) is 6.65. The lowest BCUT2D eigenvalue weighted by Crippen LogP contribution is -2.34. The topological polar surface area (TPSA) is 97.4 Å². The molecule has 0 radical (unpaired) electrons. The summed E-state index contributed by atoms with van der Waals surface area (Å²) in [5.74, 6) is -0.399. The number of rotatable bonds is 4. The number of hydrogen-bond acceptors (Lipinski definition) is 5. The minimum Gasteiger partial charge on any atom is -0.451 e. The molecule has 0 aliphatic carbocycles.